The Morgan fingerprint density at radius 1 is 1.37 bits per heavy atom. The summed E-state index contributed by atoms with van der Waals surface area (Å²) in [4.78, 5) is 12.1. The van der Waals surface area contributed by atoms with Crippen LogP contribution in [0.4, 0.5) is 4.39 Å². The van der Waals surface area contributed by atoms with Crippen molar-refractivity contribution in [2.75, 3.05) is 7.11 Å². The lowest BCUT2D eigenvalue weighted by molar-refractivity contribution is 0.0921. The largest absolute Gasteiger partial charge is 0.494 e. The minimum atomic E-state index is -0.504. The van der Waals surface area contributed by atoms with Crippen molar-refractivity contribution in [3.63, 3.8) is 0 Å². The first-order chi connectivity index (χ1) is 8.95. The summed E-state index contributed by atoms with van der Waals surface area (Å²) in [6.45, 7) is 3.82. The van der Waals surface area contributed by atoms with E-state index in [0.717, 1.165) is 19.3 Å². The number of carbonyl (C=O) groups excluding carboxylic acids is 1. The van der Waals surface area contributed by atoms with Gasteiger partial charge in [0, 0.05) is 17.5 Å². The zero-order valence-corrected chi connectivity index (χ0v) is 11.8. The number of ketones is 1. The molecule has 19 heavy (non-hydrogen) atoms. The van der Waals surface area contributed by atoms with Gasteiger partial charge in [0.2, 0.25) is 0 Å². The highest BCUT2D eigenvalue weighted by atomic mass is 19.1. The number of rotatable bonds is 7. The second-order valence-electron chi connectivity index (χ2n) is 5.02. The molecule has 0 spiro atoms. The van der Waals surface area contributed by atoms with E-state index in [0.29, 0.717) is 5.56 Å². The molecule has 0 aliphatic carbocycles. The summed E-state index contributed by atoms with van der Waals surface area (Å²) < 4.78 is 18.4. The molecule has 0 aromatic heterocycles. The smallest absolute Gasteiger partial charge is 0.165 e. The van der Waals surface area contributed by atoms with Crippen LogP contribution in [-0.2, 0) is 0 Å². The van der Waals surface area contributed by atoms with E-state index in [9.17, 15) is 9.18 Å². The predicted molar refractivity (Wildman–Crippen MR) is 73.9 cm³/mol. The van der Waals surface area contributed by atoms with Gasteiger partial charge in [0.05, 0.1) is 7.11 Å². The summed E-state index contributed by atoms with van der Waals surface area (Å²) in [5.41, 5.74) is 6.06. The third-order valence-corrected chi connectivity index (χ3v) is 3.18. The number of carbonyl (C=O) groups is 1. The average Bonchev–Trinajstić information content (AvgIpc) is 2.37. The third kappa shape index (κ3) is 4.63. The Balaban J connectivity index is 2.64. The number of nitrogens with two attached hydrogens (primary N) is 1. The van der Waals surface area contributed by atoms with Gasteiger partial charge in [-0.3, -0.25) is 4.79 Å². The zero-order valence-electron chi connectivity index (χ0n) is 11.8. The van der Waals surface area contributed by atoms with Crippen molar-refractivity contribution in [3.8, 4) is 5.75 Å². The Morgan fingerprint density at radius 3 is 2.58 bits per heavy atom. The number of Topliss-reactive ketones (excluding diaryl/α,β-unsaturated/α-hetero) is 1. The zero-order chi connectivity index (χ0) is 14.4. The Bertz CT molecular complexity index is 432. The van der Waals surface area contributed by atoms with Gasteiger partial charge in [0.25, 0.3) is 0 Å². The van der Waals surface area contributed by atoms with Crippen molar-refractivity contribution < 1.29 is 13.9 Å². The SMILES string of the molecule is COc1ccc(C(=O)C(C)CCCC(C)N)cc1F. The van der Waals surface area contributed by atoms with Gasteiger partial charge in [-0.2, -0.15) is 0 Å². The summed E-state index contributed by atoms with van der Waals surface area (Å²) in [6.07, 6.45) is 2.58. The summed E-state index contributed by atoms with van der Waals surface area (Å²) in [7, 11) is 1.40. The van der Waals surface area contributed by atoms with Gasteiger partial charge in [0.15, 0.2) is 17.3 Å². The van der Waals surface area contributed by atoms with Gasteiger partial charge < -0.3 is 10.5 Å². The highest BCUT2D eigenvalue weighted by Crippen LogP contribution is 2.21. The van der Waals surface area contributed by atoms with Crippen LogP contribution in [0.5, 0.6) is 5.75 Å². The molecule has 106 valence electrons. The molecule has 0 saturated carbocycles. The van der Waals surface area contributed by atoms with Crippen LogP contribution in [0.3, 0.4) is 0 Å². The molecule has 0 radical (unpaired) electrons. The van der Waals surface area contributed by atoms with Crippen LogP contribution < -0.4 is 10.5 Å². The van der Waals surface area contributed by atoms with Crippen LogP contribution in [0.15, 0.2) is 18.2 Å². The molecule has 0 amide bonds. The molecule has 3 nitrogen and oxygen atoms in total. The van der Waals surface area contributed by atoms with Crippen molar-refractivity contribution in [1.29, 1.82) is 0 Å². The first kappa shape index (κ1) is 15.6. The minimum absolute atomic E-state index is 0.0359. The van der Waals surface area contributed by atoms with Crippen LogP contribution in [0.2, 0.25) is 0 Å². The summed E-state index contributed by atoms with van der Waals surface area (Å²) in [5.74, 6) is -0.505. The molecule has 0 saturated heterocycles. The van der Waals surface area contributed by atoms with Crippen molar-refractivity contribution in [1.82, 2.24) is 0 Å². The number of hydrogen-bond acceptors (Lipinski definition) is 3. The number of methoxy groups -OCH3 is 1. The number of ether oxygens (including phenoxy) is 1. The molecular weight excluding hydrogens is 245 g/mol. The number of benzene rings is 1. The maximum atomic E-state index is 13.5. The summed E-state index contributed by atoms with van der Waals surface area (Å²) >= 11 is 0. The van der Waals surface area contributed by atoms with E-state index in [4.69, 9.17) is 10.5 Å². The Morgan fingerprint density at radius 2 is 2.05 bits per heavy atom. The molecule has 2 atom stereocenters. The van der Waals surface area contributed by atoms with Crippen LogP contribution in [-0.4, -0.2) is 18.9 Å². The van der Waals surface area contributed by atoms with E-state index >= 15 is 0 Å². The van der Waals surface area contributed by atoms with Gasteiger partial charge in [-0.15, -0.1) is 0 Å². The molecule has 0 heterocycles. The second kappa shape index (κ2) is 7.24. The summed E-state index contributed by atoms with van der Waals surface area (Å²) in [5, 5.41) is 0. The molecule has 0 bridgehead atoms. The minimum Gasteiger partial charge on any atom is -0.494 e. The lowest BCUT2D eigenvalue weighted by Crippen LogP contribution is -2.16. The lowest BCUT2D eigenvalue weighted by Gasteiger charge is -2.12. The van der Waals surface area contributed by atoms with E-state index < -0.39 is 5.82 Å². The van der Waals surface area contributed by atoms with Crippen LogP contribution in [0.1, 0.15) is 43.5 Å². The fraction of sp³-hybridized carbons (Fsp3) is 0.533. The third-order valence-electron chi connectivity index (χ3n) is 3.18. The standard InChI is InChI=1S/C15H22FNO2/c1-10(5-4-6-11(2)17)15(18)12-7-8-14(19-3)13(16)9-12/h7-11H,4-6,17H2,1-3H3. The quantitative estimate of drug-likeness (QED) is 0.772. The highest BCUT2D eigenvalue weighted by molar-refractivity contribution is 5.97. The predicted octanol–water partition coefficient (Wildman–Crippen LogP) is 3.17. The lowest BCUT2D eigenvalue weighted by atomic mass is 9.93. The van der Waals surface area contributed by atoms with Crippen LogP contribution in [0.25, 0.3) is 0 Å². The highest BCUT2D eigenvalue weighted by Gasteiger charge is 2.16. The molecule has 4 heteroatoms. The van der Waals surface area contributed by atoms with Crippen LogP contribution >= 0.6 is 0 Å². The molecule has 0 aliphatic heterocycles. The molecular formula is C15H22FNO2. The summed E-state index contributed by atoms with van der Waals surface area (Å²) in [6, 6.07) is 4.48. The molecule has 1 aromatic rings. The van der Waals surface area contributed by atoms with Gasteiger partial charge in [-0.05, 0) is 38.0 Å². The Hall–Kier alpha value is -1.42. The first-order valence-electron chi connectivity index (χ1n) is 6.59. The van der Waals surface area contributed by atoms with E-state index in [1.165, 1.54) is 19.2 Å². The Labute approximate surface area is 113 Å². The maximum Gasteiger partial charge on any atom is 0.165 e. The molecule has 2 unspecified atom stereocenters. The number of halogens is 1. The molecule has 0 fully saturated rings. The fourth-order valence-corrected chi connectivity index (χ4v) is 1.98. The number of hydrogen-bond donors (Lipinski definition) is 1. The van der Waals surface area contributed by atoms with E-state index in [1.54, 1.807) is 6.07 Å². The van der Waals surface area contributed by atoms with Crippen molar-refractivity contribution >= 4 is 5.78 Å². The van der Waals surface area contributed by atoms with Crippen molar-refractivity contribution in [3.05, 3.63) is 29.6 Å². The van der Waals surface area contributed by atoms with Gasteiger partial charge >= 0.3 is 0 Å². The van der Waals surface area contributed by atoms with Crippen LogP contribution in [0, 0.1) is 11.7 Å². The van der Waals surface area contributed by atoms with Crippen molar-refractivity contribution in [2.24, 2.45) is 11.7 Å². The fourth-order valence-electron chi connectivity index (χ4n) is 1.98. The van der Waals surface area contributed by atoms with Gasteiger partial charge in [-0.1, -0.05) is 13.3 Å². The Kier molecular flexibility index (Phi) is 5.96. The topological polar surface area (TPSA) is 52.3 Å². The monoisotopic (exact) mass is 267 g/mol. The van der Waals surface area contributed by atoms with E-state index in [2.05, 4.69) is 0 Å². The normalized spacial score (nSPS) is 13.9. The van der Waals surface area contributed by atoms with Crippen molar-refractivity contribution in [2.45, 2.75) is 39.2 Å². The average molecular weight is 267 g/mol. The first-order valence-corrected chi connectivity index (χ1v) is 6.59. The maximum absolute atomic E-state index is 13.5. The molecule has 1 aromatic carbocycles. The van der Waals surface area contributed by atoms with Gasteiger partial charge in [0.1, 0.15) is 0 Å². The van der Waals surface area contributed by atoms with E-state index in [1.807, 2.05) is 13.8 Å². The molecule has 0 aliphatic rings. The molecule has 1 rings (SSSR count). The van der Waals surface area contributed by atoms with E-state index in [-0.39, 0.29) is 23.5 Å². The van der Waals surface area contributed by atoms with Gasteiger partial charge in [-0.25, -0.2) is 4.39 Å². The second-order valence-corrected chi connectivity index (χ2v) is 5.02. The molecule has 2 N–H and O–H groups in total.